The maximum atomic E-state index is 13.7. The Hall–Kier alpha value is -4.60. The Morgan fingerprint density at radius 3 is 2.71 bits per heavy atom. The molecule has 0 spiro atoms. The van der Waals surface area contributed by atoms with E-state index < -0.39 is 17.9 Å². The van der Waals surface area contributed by atoms with Crippen molar-refractivity contribution in [2.45, 2.75) is 50.5 Å². The first-order chi connectivity index (χ1) is 18.5. The van der Waals surface area contributed by atoms with Gasteiger partial charge in [0.2, 0.25) is 0 Å². The van der Waals surface area contributed by atoms with Gasteiger partial charge in [-0.3, -0.25) is 14.7 Å². The molecule has 38 heavy (non-hydrogen) atoms. The molecule has 1 saturated carbocycles. The zero-order valence-corrected chi connectivity index (χ0v) is 20.6. The van der Waals surface area contributed by atoms with Crippen molar-refractivity contribution in [2.75, 3.05) is 0 Å². The molecule has 1 amide bonds. The minimum Gasteiger partial charge on any atom is -0.480 e. The van der Waals surface area contributed by atoms with Crippen LogP contribution in [0.4, 0.5) is 0 Å². The van der Waals surface area contributed by atoms with Gasteiger partial charge in [0.1, 0.15) is 11.7 Å². The average Bonchev–Trinajstić information content (AvgIpc) is 3.68. The summed E-state index contributed by atoms with van der Waals surface area (Å²) in [6.45, 7) is 0. The number of aliphatic carboxylic acids is 1. The lowest BCUT2D eigenvalue weighted by molar-refractivity contribution is -0.139. The highest BCUT2D eigenvalue weighted by Gasteiger charge is 2.27. The summed E-state index contributed by atoms with van der Waals surface area (Å²) in [5, 5.41) is 16.2. The van der Waals surface area contributed by atoms with Gasteiger partial charge in [-0.25, -0.2) is 14.3 Å². The maximum Gasteiger partial charge on any atom is 0.326 e. The largest absolute Gasteiger partial charge is 0.480 e. The average molecular weight is 514 g/mol. The van der Waals surface area contributed by atoms with E-state index in [0.29, 0.717) is 22.5 Å². The number of aromatic amines is 2. The number of furan rings is 1. The summed E-state index contributed by atoms with van der Waals surface area (Å²) < 4.78 is 6.54. The molecule has 1 fully saturated rings. The molecule has 4 heterocycles. The number of carboxylic acid groups (broad SMARTS) is 1. The van der Waals surface area contributed by atoms with E-state index in [2.05, 4.69) is 15.4 Å². The predicted octanol–water partition coefficient (Wildman–Crippen LogP) is 4.24. The van der Waals surface area contributed by atoms with Crippen LogP contribution >= 0.6 is 0 Å². The van der Waals surface area contributed by atoms with Gasteiger partial charge in [-0.15, -0.1) is 0 Å². The number of nitrogens with one attached hydrogen (secondary N) is 3. The molecule has 6 rings (SSSR count). The fourth-order valence-electron chi connectivity index (χ4n) is 5.43. The van der Waals surface area contributed by atoms with E-state index in [1.165, 1.54) is 10.6 Å². The molecule has 0 bridgehead atoms. The van der Waals surface area contributed by atoms with Crippen LogP contribution in [0.3, 0.4) is 0 Å². The lowest BCUT2D eigenvalue weighted by atomic mass is 9.83. The van der Waals surface area contributed by atoms with E-state index in [-0.39, 0.29) is 29.2 Å². The number of carbonyl (C=O) groups excluding carboxylic acids is 1. The molecule has 4 aromatic heterocycles. The highest BCUT2D eigenvalue weighted by Crippen LogP contribution is 2.35. The highest BCUT2D eigenvalue weighted by molar-refractivity contribution is 5.96. The van der Waals surface area contributed by atoms with Crippen molar-refractivity contribution in [1.29, 1.82) is 0 Å². The normalized spacial score (nSPS) is 15.2. The summed E-state index contributed by atoms with van der Waals surface area (Å²) in [6.07, 6.45) is 8.21. The molecule has 4 N–H and O–H groups in total. The number of para-hydroxylation sites is 1. The molecular weight excluding hydrogens is 486 g/mol. The van der Waals surface area contributed by atoms with E-state index in [1.54, 1.807) is 18.6 Å². The quantitative estimate of drug-likeness (QED) is 0.256. The smallest absolute Gasteiger partial charge is 0.326 e. The van der Waals surface area contributed by atoms with Crippen LogP contribution in [0.2, 0.25) is 0 Å². The SMILES string of the molecule is O=C(N[C@@H](Cc1cc2ccccc2[nH]1)C(=O)O)c1cc2nc(-c3ccoc3)c(C3CCCCC3)c(=O)n2[nH]1. The molecule has 1 atom stereocenters. The van der Waals surface area contributed by atoms with Gasteiger partial charge in [0, 0.05) is 34.8 Å². The monoisotopic (exact) mass is 513 g/mol. The van der Waals surface area contributed by atoms with Gasteiger partial charge in [0.05, 0.1) is 18.2 Å². The Labute approximate surface area is 216 Å². The van der Waals surface area contributed by atoms with E-state index in [9.17, 15) is 19.5 Å². The molecular formula is C28H27N5O5. The van der Waals surface area contributed by atoms with Crippen LogP contribution in [0, 0.1) is 0 Å². The second kappa shape index (κ2) is 9.70. The van der Waals surface area contributed by atoms with Crippen molar-refractivity contribution in [2.24, 2.45) is 0 Å². The predicted molar refractivity (Wildman–Crippen MR) is 140 cm³/mol. The van der Waals surface area contributed by atoms with Crippen LogP contribution in [-0.4, -0.2) is 42.6 Å². The van der Waals surface area contributed by atoms with Crippen molar-refractivity contribution in [3.8, 4) is 11.3 Å². The number of fused-ring (bicyclic) bond motifs is 2. The van der Waals surface area contributed by atoms with Crippen molar-refractivity contribution in [3.05, 3.63) is 82.3 Å². The number of H-pyrrole nitrogens is 2. The van der Waals surface area contributed by atoms with Gasteiger partial charge in [-0.2, -0.15) is 0 Å². The molecule has 1 aliphatic carbocycles. The summed E-state index contributed by atoms with van der Waals surface area (Å²) in [5.74, 6) is -1.73. The first kappa shape index (κ1) is 23.8. The third-order valence-corrected chi connectivity index (χ3v) is 7.32. The number of aromatic nitrogens is 4. The summed E-state index contributed by atoms with van der Waals surface area (Å²) in [6, 6.07) is 11.6. The van der Waals surface area contributed by atoms with Crippen LogP contribution in [-0.2, 0) is 11.2 Å². The van der Waals surface area contributed by atoms with Crippen LogP contribution in [0.1, 0.15) is 59.8 Å². The van der Waals surface area contributed by atoms with Gasteiger partial charge < -0.3 is 19.8 Å². The standard InChI is InChI=1S/C28H27N5O5/c34-26(30-22(28(36)37)13-19-12-17-8-4-5-9-20(17)29-19)21-14-23-31-25(18-10-11-38-15-18)24(27(35)33(23)32-21)16-6-2-1-3-7-16/h4-5,8-12,14-16,22,29,32H,1-3,6-7,13H2,(H,30,34)(H,36,37)/t22-/m0/s1. The first-order valence-electron chi connectivity index (χ1n) is 12.8. The van der Waals surface area contributed by atoms with E-state index >= 15 is 0 Å². The second-order valence-corrected chi connectivity index (χ2v) is 9.84. The Balaban J connectivity index is 1.32. The fraction of sp³-hybridized carbons (Fsp3) is 0.286. The number of rotatable bonds is 7. The molecule has 10 heteroatoms. The van der Waals surface area contributed by atoms with Gasteiger partial charge in [0.15, 0.2) is 5.65 Å². The van der Waals surface area contributed by atoms with Crippen LogP contribution in [0.5, 0.6) is 0 Å². The van der Waals surface area contributed by atoms with Gasteiger partial charge >= 0.3 is 5.97 Å². The van der Waals surface area contributed by atoms with Crippen LogP contribution in [0.25, 0.3) is 27.8 Å². The number of amides is 1. The number of hydrogen-bond donors (Lipinski definition) is 4. The lowest BCUT2D eigenvalue weighted by Crippen LogP contribution is -2.42. The third kappa shape index (κ3) is 4.38. The molecule has 1 aliphatic rings. The molecule has 5 aromatic rings. The molecule has 0 radical (unpaired) electrons. The maximum absolute atomic E-state index is 13.7. The minimum absolute atomic E-state index is 0.0523. The van der Waals surface area contributed by atoms with E-state index in [0.717, 1.165) is 43.0 Å². The van der Waals surface area contributed by atoms with E-state index in [1.807, 2.05) is 30.3 Å². The van der Waals surface area contributed by atoms with Gasteiger partial charge in [0.25, 0.3) is 11.5 Å². The van der Waals surface area contributed by atoms with Gasteiger partial charge in [-0.1, -0.05) is 37.5 Å². The Morgan fingerprint density at radius 1 is 1.16 bits per heavy atom. The first-order valence-corrected chi connectivity index (χ1v) is 12.8. The Kier molecular flexibility index (Phi) is 6.07. The number of benzene rings is 1. The van der Waals surface area contributed by atoms with Crippen LogP contribution < -0.4 is 10.9 Å². The Morgan fingerprint density at radius 2 is 1.97 bits per heavy atom. The number of nitrogens with zero attached hydrogens (tertiary/aromatic N) is 2. The highest BCUT2D eigenvalue weighted by atomic mass is 16.4. The molecule has 0 aliphatic heterocycles. The molecule has 194 valence electrons. The number of hydrogen-bond acceptors (Lipinski definition) is 5. The van der Waals surface area contributed by atoms with Gasteiger partial charge in [-0.05, 0) is 42.3 Å². The number of carbonyl (C=O) groups is 2. The van der Waals surface area contributed by atoms with Crippen LogP contribution in [0.15, 0.2) is 64.2 Å². The topological polar surface area (TPSA) is 145 Å². The molecule has 0 saturated heterocycles. The van der Waals surface area contributed by atoms with Crippen molar-refractivity contribution >= 4 is 28.4 Å². The number of carboxylic acids is 1. The van der Waals surface area contributed by atoms with Crippen molar-refractivity contribution < 1.29 is 19.1 Å². The summed E-state index contributed by atoms with van der Waals surface area (Å²) in [7, 11) is 0. The van der Waals surface area contributed by atoms with Crippen molar-refractivity contribution in [3.63, 3.8) is 0 Å². The summed E-state index contributed by atoms with van der Waals surface area (Å²) >= 11 is 0. The molecule has 1 aromatic carbocycles. The minimum atomic E-state index is -1.18. The lowest BCUT2D eigenvalue weighted by Gasteiger charge is -2.22. The van der Waals surface area contributed by atoms with Crippen molar-refractivity contribution in [1.82, 2.24) is 24.9 Å². The summed E-state index contributed by atoms with van der Waals surface area (Å²) in [5.41, 5.74) is 3.53. The van der Waals surface area contributed by atoms with E-state index in [4.69, 9.17) is 9.40 Å². The zero-order valence-electron chi connectivity index (χ0n) is 20.6. The Bertz CT molecular complexity index is 1650. The fourth-order valence-corrected chi connectivity index (χ4v) is 5.43. The molecule has 10 nitrogen and oxygen atoms in total. The summed E-state index contributed by atoms with van der Waals surface area (Å²) in [4.78, 5) is 46.7. The molecule has 0 unspecified atom stereocenters. The third-order valence-electron chi connectivity index (χ3n) is 7.32. The second-order valence-electron chi connectivity index (χ2n) is 9.84. The zero-order chi connectivity index (χ0) is 26.2.